The minimum Gasteiger partial charge on any atom is -0.481 e. The molecule has 1 aromatic heterocycles. The molecular weight excluding hydrogens is 346 g/mol. The summed E-state index contributed by atoms with van der Waals surface area (Å²) < 4.78 is 0. The van der Waals surface area contributed by atoms with E-state index in [4.69, 9.17) is 11.6 Å². The summed E-state index contributed by atoms with van der Waals surface area (Å²) in [6.45, 7) is 3.80. The first-order valence-corrected chi connectivity index (χ1v) is 9.12. The van der Waals surface area contributed by atoms with Crippen LogP contribution in [0.3, 0.4) is 0 Å². The van der Waals surface area contributed by atoms with Crippen LogP contribution in [0, 0.1) is 11.8 Å². The van der Waals surface area contributed by atoms with Crippen molar-refractivity contribution in [2.45, 2.75) is 33.1 Å². The fraction of sp³-hybridized carbons (Fsp3) is 0.389. The number of rotatable bonds is 8. The Balaban J connectivity index is 2.05. The Hall–Kier alpha value is -1.72. The predicted octanol–water partition coefficient (Wildman–Crippen LogP) is 4.71. The van der Waals surface area contributed by atoms with Gasteiger partial charge in [-0.05, 0) is 12.0 Å². The zero-order valence-corrected chi connectivity index (χ0v) is 15.2. The van der Waals surface area contributed by atoms with Crippen LogP contribution in [0.25, 0.3) is 10.6 Å². The molecule has 2 aromatic rings. The van der Waals surface area contributed by atoms with Gasteiger partial charge < -0.3 is 5.11 Å². The van der Waals surface area contributed by atoms with Crippen LogP contribution >= 0.6 is 22.9 Å². The van der Waals surface area contributed by atoms with Gasteiger partial charge >= 0.3 is 5.97 Å². The molecule has 0 aliphatic carbocycles. The third kappa shape index (κ3) is 4.65. The van der Waals surface area contributed by atoms with Gasteiger partial charge in [-0.1, -0.05) is 50.1 Å². The molecule has 2 rings (SSSR count). The van der Waals surface area contributed by atoms with Gasteiger partial charge in [0.15, 0.2) is 0 Å². The number of carboxylic acids is 1. The predicted molar refractivity (Wildman–Crippen MR) is 96.5 cm³/mol. The number of hydrogen-bond donors (Lipinski definition) is 1. The first-order valence-electron chi connectivity index (χ1n) is 7.86. The summed E-state index contributed by atoms with van der Waals surface area (Å²) in [4.78, 5) is 28.0. The maximum Gasteiger partial charge on any atom is 0.307 e. The number of aromatic nitrogens is 1. The number of ketones is 1. The lowest BCUT2D eigenvalue weighted by molar-refractivity contribution is -0.145. The average Bonchev–Trinajstić information content (AvgIpc) is 3.00. The normalized spacial score (nSPS) is 13.5. The molecule has 1 heterocycles. The fourth-order valence-electron chi connectivity index (χ4n) is 2.48. The topological polar surface area (TPSA) is 67.3 Å². The van der Waals surface area contributed by atoms with Crippen molar-refractivity contribution in [2.75, 3.05) is 0 Å². The first kappa shape index (κ1) is 18.6. The third-order valence-corrected chi connectivity index (χ3v) is 5.38. The highest BCUT2D eigenvalue weighted by Gasteiger charge is 2.26. The van der Waals surface area contributed by atoms with E-state index in [0.29, 0.717) is 10.7 Å². The molecule has 0 fully saturated rings. The lowest BCUT2D eigenvalue weighted by Crippen LogP contribution is -2.25. The summed E-state index contributed by atoms with van der Waals surface area (Å²) in [6, 6.07) is 7.42. The van der Waals surface area contributed by atoms with Crippen LogP contribution in [0.4, 0.5) is 0 Å². The molecule has 0 bridgehead atoms. The number of thiazole rings is 1. The van der Waals surface area contributed by atoms with Crippen LogP contribution in [-0.4, -0.2) is 21.8 Å². The van der Waals surface area contributed by atoms with E-state index in [0.717, 1.165) is 17.0 Å². The summed E-state index contributed by atoms with van der Waals surface area (Å²) in [7, 11) is 0. The standard InChI is InChI=1S/C18H20ClNO3S/c1-3-11(2)15(18(22)23)9-13(21)8-12-10-24-17(20-12)14-6-4-5-7-16(14)19/h4-7,10-11,15H,3,8-9H2,1-2H3,(H,22,23)/t11-,15-/m0/s1. The van der Waals surface area contributed by atoms with Crippen LogP contribution in [0.1, 0.15) is 32.4 Å². The van der Waals surface area contributed by atoms with Crippen molar-refractivity contribution in [2.24, 2.45) is 11.8 Å². The first-order chi connectivity index (χ1) is 11.4. The monoisotopic (exact) mass is 365 g/mol. The Bertz CT molecular complexity index is 729. The van der Waals surface area contributed by atoms with Gasteiger partial charge in [-0.3, -0.25) is 9.59 Å². The van der Waals surface area contributed by atoms with Gasteiger partial charge in [0.1, 0.15) is 10.8 Å². The van der Waals surface area contributed by atoms with E-state index in [-0.39, 0.29) is 24.5 Å². The molecule has 1 N–H and O–H groups in total. The molecule has 0 unspecified atom stereocenters. The lowest BCUT2D eigenvalue weighted by atomic mass is 9.87. The summed E-state index contributed by atoms with van der Waals surface area (Å²) in [5.74, 6) is -1.67. The second-order valence-corrected chi connectivity index (χ2v) is 7.14. The molecule has 0 saturated carbocycles. The number of benzene rings is 1. The highest BCUT2D eigenvalue weighted by Crippen LogP contribution is 2.30. The van der Waals surface area contributed by atoms with Crippen LogP contribution in [0.15, 0.2) is 29.6 Å². The molecule has 0 saturated heterocycles. The van der Waals surface area contributed by atoms with Gasteiger partial charge in [0.2, 0.25) is 0 Å². The highest BCUT2D eigenvalue weighted by molar-refractivity contribution is 7.13. The third-order valence-electron chi connectivity index (χ3n) is 4.13. The molecule has 4 nitrogen and oxygen atoms in total. The maximum atomic E-state index is 12.2. The number of hydrogen-bond acceptors (Lipinski definition) is 4. The Morgan fingerprint density at radius 2 is 2.04 bits per heavy atom. The molecule has 0 aliphatic rings. The van der Waals surface area contributed by atoms with Crippen molar-refractivity contribution in [1.82, 2.24) is 4.98 Å². The molecule has 2 atom stereocenters. The second kappa shape index (κ2) is 8.40. The van der Waals surface area contributed by atoms with Gasteiger partial charge in [-0.25, -0.2) is 4.98 Å². The van der Waals surface area contributed by atoms with E-state index >= 15 is 0 Å². The molecule has 0 amide bonds. The number of halogens is 1. The maximum absolute atomic E-state index is 12.2. The van der Waals surface area contributed by atoms with Gasteiger partial charge in [0, 0.05) is 23.8 Å². The minimum absolute atomic E-state index is 0.0272. The Labute approximate surface area is 150 Å². The Kier molecular flexibility index (Phi) is 6.52. The van der Waals surface area contributed by atoms with E-state index in [1.165, 1.54) is 11.3 Å². The fourth-order valence-corrected chi connectivity index (χ4v) is 3.62. The average molecular weight is 366 g/mol. The van der Waals surface area contributed by atoms with Gasteiger partial charge in [0.25, 0.3) is 0 Å². The molecule has 128 valence electrons. The number of Topliss-reactive ketones (excluding diaryl/α,β-unsaturated/α-hetero) is 1. The van der Waals surface area contributed by atoms with Crippen molar-refractivity contribution in [3.63, 3.8) is 0 Å². The van der Waals surface area contributed by atoms with E-state index in [2.05, 4.69) is 4.98 Å². The van der Waals surface area contributed by atoms with Crippen molar-refractivity contribution in [3.8, 4) is 10.6 Å². The lowest BCUT2D eigenvalue weighted by Gasteiger charge is -2.17. The minimum atomic E-state index is -0.910. The van der Waals surface area contributed by atoms with Crippen molar-refractivity contribution in [1.29, 1.82) is 0 Å². The number of carbonyl (C=O) groups is 2. The van der Waals surface area contributed by atoms with Crippen LogP contribution in [0.5, 0.6) is 0 Å². The van der Waals surface area contributed by atoms with E-state index in [9.17, 15) is 14.7 Å². The number of aliphatic carboxylic acids is 1. The smallest absolute Gasteiger partial charge is 0.307 e. The van der Waals surface area contributed by atoms with E-state index in [1.807, 2.05) is 37.4 Å². The summed E-state index contributed by atoms with van der Waals surface area (Å²) in [5, 5.41) is 12.5. The summed E-state index contributed by atoms with van der Waals surface area (Å²) in [6.07, 6.45) is 0.933. The molecule has 1 aromatic carbocycles. The number of carbonyl (C=O) groups excluding carboxylic acids is 1. The molecule has 24 heavy (non-hydrogen) atoms. The summed E-state index contributed by atoms with van der Waals surface area (Å²) >= 11 is 7.59. The Morgan fingerprint density at radius 3 is 2.67 bits per heavy atom. The van der Waals surface area contributed by atoms with Crippen molar-refractivity contribution in [3.05, 3.63) is 40.4 Å². The largest absolute Gasteiger partial charge is 0.481 e. The number of nitrogens with zero attached hydrogens (tertiary/aromatic N) is 1. The van der Waals surface area contributed by atoms with Crippen LogP contribution in [-0.2, 0) is 16.0 Å². The van der Waals surface area contributed by atoms with Crippen LogP contribution < -0.4 is 0 Å². The van der Waals surface area contributed by atoms with Crippen molar-refractivity contribution >= 4 is 34.7 Å². The Morgan fingerprint density at radius 1 is 1.33 bits per heavy atom. The van der Waals surface area contributed by atoms with E-state index < -0.39 is 11.9 Å². The quantitative estimate of drug-likeness (QED) is 0.735. The highest BCUT2D eigenvalue weighted by atomic mass is 35.5. The molecule has 0 radical (unpaired) electrons. The van der Waals surface area contributed by atoms with E-state index in [1.54, 1.807) is 6.07 Å². The zero-order valence-electron chi connectivity index (χ0n) is 13.7. The molecular formula is C18H20ClNO3S. The van der Waals surface area contributed by atoms with Crippen molar-refractivity contribution < 1.29 is 14.7 Å². The molecule has 0 spiro atoms. The van der Waals surface area contributed by atoms with Gasteiger partial charge in [-0.2, -0.15) is 0 Å². The SMILES string of the molecule is CC[C@H](C)[C@H](CC(=O)Cc1csc(-c2ccccc2Cl)n1)C(=O)O. The summed E-state index contributed by atoms with van der Waals surface area (Å²) in [5.41, 5.74) is 1.50. The molecule has 6 heteroatoms. The van der Waals surface area contributed by atoms with Gasteiger partial charge in [0.05, 0.1) is 16.6 Å². The number of carboxylic acid groups (broad SMARTS) is 1. The van der Waals surface area contributed by atoms with Gasteiger partial charge in [-0.15, -0.1) is 11.3 Å². The van der Waals surface area contributed by atoms with Crippen LogP contribution in [0.2, 0.25) is 5.02 Å². The zero-order chi connectivity index (χ0) is 17.7. The molecule has 0 aliphatic heterocycles. The second-order valence-electron chi connectivity index (χ2n) is 5.87.